The smallest absolute Gasteiger partial charge is 0.274 e. The van der Waals surface area contributed by atoms with E-state index in [1.165, 1.54) is 0 Å². The molecule has 8 nitrogen and oxygen atoms in total. The van der Waals surface area contributed by atoms with Crippen molar-refractivity contribution in [1.29, 1.82) is 0 Å². The van der Waals surface area contributed by atoms with Crippen LogP contribution in [0.15, 0.2) is 48.5 Å². The number of aryl methyl sites for hydroxylation is 1. The van der Waals surface area contributed by atoms with Crippen molar-refractivity contribution in [3.8, 4) is 17.2 Å². The van der Waals surface area contributed by atoms with Gasteiger partial charge in [0.05, 0.1) is 7.11 Å². The summed E-state index contributed by atoms with van der Waals surface area (Å²) in [6, 6.07) is 14.2. The van der Waals surface area contributed by atoms with E-state index in [1.54, 1.807) is 38.3 Å². The van der Waals surface area contributed by atoms with Crippen molar-refractivity contribution in [2.45, 2.75) is 6.92 Å². The van der Waals surface area contributed by atoms with Gasteiger partial charge in [-0.15, -0.1) is 0 Å². The molecule has 0 bridgehead atoms. The van der Waals surface area contributed by atoms with E-state index < -0.39 is 0 Å². The molecular weight excluding hydrogens is 360 g/mol. The molecule has 0 aliphatic carbocycles. The van der Waals surface area contributed by atoms with Crippen LogP contribution in [0.1, 0.15) is 16.3 Å². The SMILES string of the molecule is COc1cccc(Nc2cc(C(=O)Nc3ccc4c(c3)OCO4)nc(C)n2)c1. The zero-order chi connectivity index (χ0) is 19.5. The predicted octanol–water partition coefficient (Wildman–Crippen LogP) is 3.52. The summed E-state index contributed by atoms with van der Waals surface area (Å²) >= 11 is 0. The van der Waals surface area contributed by atoms with Crippen LogP contribution in [0.2, 0.25) is 0 Å². The number of carbonyl (C=O) groups is 1. The van der Waals surface area contributed by atoms with Crippen LogP contribution < -0.4 is 24.8 Å². The number of rotatable bonds is 5. The van der Waals surface area contributed by atoms with Crippen LogP contribution >= 0.6 is 0 Å². The maximum atomic E-state index is 12.7. The second-order valence-electron chi connectivity index (χ2n) is 6.06. The number of benzene rings is 2. The Morgan fingerprint density at radius 1 is 1.04 bits per heavy atom. The minimum atomic E-state index is -0.349. The molecule has 0 unspecified atom stereocenters. The van der Waals surface area contributed by atoms with Gasteiger partial charge in [0.1, 0.15) is 23.1 Å². The quantitative estimate of drug-likeness (QED) is 0.701. The third kappa shape index (κ3) is 3.80. The van der Waals surface area contributed by atoms with Crippen molar-refractivity contribution in [2.24, 2.45) is 0 Å². The topological polar surface area (TPSA) is 94.6 Å². The summed E-state index contributed by atoms with van der Waals surface area (Å²) in [5, 5.41) is 5.98. The van der Waals surface area contributed by atoms with Gasteiger partial charge in [0.25, 0.3) is 5.91 Å². The maximum Gasteiger partial charge on any atom is 0.274 e. The first-order chi connectivity index (χ1) is 13.6. The van der Waals surface area contributed by atoms with E-state index in [4.69, 9.17) is 14.2 Å². The highest BCUT2D eigenvalue weighted by molar-refractivity contribution is 6.03. The molecule has 1 amide bonds. The Hall–Kier alpha value is -3.81. The largest absolute Gasteiger partial charge is 0.497 e. The van der Waals surface area contributed by atoms with Gasteiger partial charge in [-0.2, -0.15) is 0 Å². The lowest BCUT2D eigenvalue weighted by Crippen LogP contribution is -2.15. The number of nitrogens with zero attached hydrogens (tertiary/aromatic N) is 2. The van der Waals surface area contributed by atoms with Gasteiger partial charge in [0, 0.05) is 29.6 Å². The van der Waals surface area contributed by atoms with Gasteiger partial charge in [0.2, 0.25) is 6.79 Å². The number of ether oxygens (including phenoxy) is 3. The van der Waals surface area contributed by atoms with Crippen LogP contribution in [0, 0.1) is 6.92 Å². The number of nitrogens with one attached hydrogen (secondary N) is 2. The van der Waals surface area contributed by atoms with Gasteiger partial charge in [-0.1, -0.05) is 6.07 Å². The van der Waals surface area contributed by atoms with Crippen molar-refractivity contribution in [3.63, 3.8) is 0 Å². The van der Waals surface area contributed by atoms with E-state index in [1.807, 2.05) is 24.3 Å². The first-order valence-corrected chi connectivity index (χ1v) is 8.58. The van der Waals surface area contributed by atoms with Crippen molar-refractivity contribution < 1.29 is 19.0 Å². The Morgan fingerprint density at radius 2 is 1.89 bits per heavy atom. The van der Waals surface area contributed by atoms with Crippen LogP contribution in [-0.4, -0.2) is 29.8 Å². The van der Waals surface area contributed by atoms with Gasteiger partial charge in [0.15, 0.2) is 11.5 Å². The fourth-order valence-corrected chi connectivity index (χ4v) is 2.77. The summed E-state index contributed by atoms with van der Waals surface area (Å²) in [6.45, 7) is 1.91. The highest BCUT2D eigenvalue weighted by Crippen LogP contribution is 2.34. The fraction of sp³-hybridized carbons (Fsp3) is 0.150. The Labute approximate surface area is 161 Å². The highest BCUT2D eigenvalue weighted by atomic mass is 16.7. The second kappa shape index (κ2) is 7.43. The lowest BCUT2D eigenvalue weighted by molar-refractivity contribution is 0.102. The molecule has 28 heavy (non-hydrogen) atoms. The van der Waals surface area contributed by atoms with Crippen molar-refractivity contribution in [1.82, 2.24) is 9.97 Å². The standard InChI is InChI=1S/C20H18N4O4/c1-12-21-16(10-19(22-12)23-13-4-3-5-15(8-13)26-2)20(25)24-14-6-7-17-18(9-14)28-11-27-17/h3-10H,11H2,1-2H3,(H,24,25)(H,21,22,23). The maximum absolute atomic E-state index is 12.7. The molecule has 0 saturated carbocycles. The average Bonchev–Trinajstić information content (AvgIpc) is 3.15. The normalized spacial score (nSPS) is 11.8. The number of anilines is 3. The van der Waals surface area contributed by atoms with Crippen molar-refractivity contribution in [2.75, 3.05) is 24.5 Å². The molecule has 2 N–H and O–H groups in total. The molecule has 2 aromatic carbocycles. The summed E-state index contributed by atoms with van der Waals surface area (Å²) in [7, 11) is 1.60. The number of carbonyl (C=O) groups excluding carboxylic acids is 1. The lowest BCUT2D eigenvalue weighted by atomic mass is 10.2. The first-order valence-electron chi connectivity index (χ1n) is 8.58. The summed E-state index contributed by atoms with van der Waals surface area (Å²) in [5.41, 5.74) is 1.63. The van der Waals surface area contributed by atoms with E-state index in [9.17, 15) is 4.79 Å². The molecule has 0 spiro atoms. The Balaban J connectivity index is 1.53. The number of hydrogen-bond acceptors (Lipinski definition) is 7. The molecular formula is C20H18N4O4. The number of methoxy groups -OCH3 is 1. The summed E-state index contributed by atoms with van der Waals surface area (Å²) in [4.78, 5) is 21.2. The van der Waals surface area contributed by atoms with Crippen molar-refractivity contribution >= 4 is 23.1 Å². The Bertz CT molecular complexity index is 1040. The van der Waals surface area contributed by atoms with Gasteiger partial charge in [-0.3, -0.25) is 4.79 Å². The summed E-state index contributed by atoms with van der Waals surface area (Å²) in [5.74, 6) is 2.60. The molecule has 2 heterocycles. The van der Waals surface area contributed by atoms with E-state index in [2.05, 4.69) is 20.6 Å². The highest BCUT2D eigenvalue weighted by Gasteiger charge is 2.16. The number of aromatic nitrogens is 2. The molecule has 1 aliphatic rings. The molecule has 1 aliphatic heterocycles. The molecule has 142 valence electrons. The monoisotopic (exact) mass is 378 g/mol. The third-order valence-corrected chi connectivity index (χ3v) is 4.04. The zero-order valence-corrected chi connectivity index (χ0v) is 15.4. The van der Waals surface area contributed by atoms with Gasteiger partial charge < -0.3 is 24.8 Å². The summed E-state index contributed by atoms with van der Waals surface area (Å²) in [6.07, 6.45) is 0. The Kier molecular flexibility index (Phi) is 4.67. The molecule has 8 heteroatoms. The predicted molar refractivity (Wildman–Crippen MR) is 104 cm³/mol. The number of fused-ring (bicyclic) bond motifs is 1. The molecule has 0 fully saturated rings. The third-order valence-electron chi connectivity index (χ3n) is 4.04. The van der Waals surface area contributed by atoms with E-state index >= 15 is 0 Å². The molecule has 4 rings (SSSR count). The van der Waals surface area contributed by atoms with Crippen LogP contribution in [0.5, 0.6) is 17.2 Å². The Morgan fingerprint density at radius 3 is 2.75 bits per heavy atom. The molecule has 3 aromatic rings. The van der Waals surface area contributed by atoms with E-state index in [-0.39, 0.29) is 18.4 Å². The van der Waals surface area contributed by atoms with Crippen LogP contribution in [0.25, 0.3) is 0 Å². The van der Waals surface area contributed by atoms with Crippen LogP contribution in [-0.2, 0) is 0 Å². The van der Waals surface area contributed by atoms with Crippen molar-refractivity contribution in [3.05, 3.63) is 60.0 Å². The molecule has 0 atom stereocenters. The van der Waals surface area contributed by atoms with E-state index in [0.717, 1.165) is 11.4 Å². The number of amides is 1. The van der Waals surface area contributed by atoms with Crippen LogP contribution in [0.3, 0.4) is 0 Å². The minimum Gasteiger partial charge on any atom is -0.497 e. The van der Waals surface area contributed by atoms with Gasteiger partial charge in [-0.05, 0) is 31.2 Å². The first kappa shape index (κ1) is 17.6. The molecule has 0 radical (unpaired) electrons. The molecule has 0 saturated heterocycles. The lowest BCUT2D eigenvalue weighted by Gasteiger charge is -2.10. The molecule has 1 aromatic heterocycles. The number of hydrogen-bond donors (Lipinski definition) is 2. The van der Waals surface area contributed by atoms with Gasteiger partial charge >= 0.3 is 0 Å². The van der Waals surface area contributed by atoms with E-state index in [0.29, 0.717) is 28.8 Å². The zero-order valence-electron chi connectivity index (χ0n) is 15.4. The minimum absolute atomic E-state index is 0.178. The van der Waals surface area contributed by atoms with Crippen LogP contribution in [0.4, 0.5) is 17.2 Å². The van der Waals surface area contributed by atoms with Gasteiger partial charge in [-0.25, -0.2) is 9.97 Å². The second-order valence-corrected chi connectivity index (χ2v) is 6.06. The summed E-state index contributed by atoms with van der Waals surface area (Å²) < 4.78 is 15.8. The fourth-order valence-electron chi connectivity index (χ4n) is 2.77. The average molecular weight is 378 g/mol.